The zero-order valence-electron chi connectivity index (χ0n) is 13.2. The lowest BCUT2D eigenvalue weighted by atomic mass is 9.97. The standard InChI is InChI=1S/C17H22N4O/c1-3-20(4-2)17(22)14-11-8-12-21-15(18-19-16(14)21)13-9-6-5-7-10-13/h5-7,9-10,14H,3-4,8,11-12H2,1-2H3. The first-order valence-electron chi connectivity index (χ1n) is 8.03. The topological polar surface area (TPSA) is 51.0 Å². The van der Waals surface area contributed by atoms with Gasteiger partial charge in [0.15, 0.2) is 5.82 Å². The fourth-order valence-corrected chi connectivity index (χ4v) is 3.17. The van der Waals surface area contributed by atoms with E-state index < -0.39 is 0 Å². The summed E-state index contributed by atoms with van der Waals surface area (Å²) in [4.78, 5) is 14.6. The fraction of sp³-hybridized carbons (Fsp3) is 0.471. The van der Waals surface area contributed by atoms with E-state index in [1.54, 1.807) is 0 Å². The number of rotatable bonds is 4. The average Bonchev–Trinajstić information content (AvgIpc) is 3.00. The Morgan fingerprint density at radius 2 is 1.95 bits per heavy atom. The van der Waals surface area contributed by atoms with Crippen molar-refractivity contribution in [2.24, 2.45) is 0 Å². The van der Waals surface area contributed by atoms with Crippen molar-refractivity contribution in [3.05, 3.63) is 36.2 Å². The van der Waals surface area contributed by atoms with Gasteiger partial charge in [0.05, 0.1) is 5.92 Å². The SMILES string of the molecule is CCN(CC)C(=O)C1CCCn2c(-c3ccccc3)nnc21. The molecule has 1 atom stereocenters. The molecule has 0 bridgehead atoms. The van der Waals surface area contributed by atoms with Crippen LogP contribution >= 0.6 is 0 Å². The molecule has 0 saturated carbocycles. The Morgan fingerprint density at radius 3 is 2.64 bits per heavy atom. The molecular weight excluding hydrogens is 276 g/mol. The highest BCUT2D eigenvalue weighted by molar-refractivity contribution is 5.83. The van der Waals surface area contributed by atoms with E-state index in [0.717, 1.165) is 49.7 Å². The molecule has 0 fully saturated rings. The van der Waals surface area contributed by atoms with Crippen molar-refractivity contribution in [3.63, 3.8) is 0 Å². The van der Waals surface area contributed by atoms with Gasteiger partial charge in [-0.05, 0) is 26.7 Å². The summed E-state index contributed by atoms with van der Waals surface area (Å²) >= 11 is 0. The van der Waals surface area contributed by atoms with Crippen molar-refractivity contribution in [1.29, 1.82) is 0 Å². The number of hydrogen-bond acceptors (Lipinski definition) is 3. The summed E-state index contributed by atoms with van der Waals surface area (Å²) in [5, 5.41) is 8.71. The molecule has 3 rings (SSSR count). The second-order valence-corrected chi connectivity index (χ2v) is 5.60. The molecule has 0 saturated heterocycles. The Labute approximate surface area is 131 Å². The summed E-state index contributed by atoms with van der Waals surface area (Å²) in [5.74, 6) is 1.71. The van der Waals surface area contributed by atoms with Crippen LogP contribution in [-0.4, -0.2) is 38.7 Å². The maximum atomic E-state index is 12.7. The van der Waals surface area contributed by atoms with Crippen molar-refractivity contribution < 1.29 is 4.79 Å². The molecule has 0 aliphatic carbocycles. The first-order valence-corrected chi connectivity index (χ1v) is 8.03. The molecule has 0 radical (unpaired) electrons. The summed E-state index contributed by atoms with van der Waals surface area (Å²) in [6, 6.07) is 10.1. The number of fused-ring (bicyclic) bond motifs is 1. The number of aromatic nitrogens is 3. The summed E-state index contributed by atoms with van der Waals surface area (Å²) in [6.45, 7) is 6.40. The van der Waals surface area contributed by atoms with Gasteiger partial charge >= 0.3 is 0 Å². The predicted octanol–water partition coefficient (Wildman–Crippen LogP) is 2.69. The van der Waals surface area contributed by atoms with Crippen LogP contribution in [0.25, 0.3) is 11.4 Å². The number of benzene rings is 1. The lowest BCUT2D eigenvalue weighted by molar-refractivity contribution is -0.133. The lowest BCUT2D eigenvalue weighted by Crippen LogP contribution is -2.37. The Balaban J connectivity index is 1.96. The summed E-state index contributed by atoms with van der Waals surface area (Å²) in [5.41, 5.74) is 1.05. The number of hydrogen-bond donors (Lipinski definition) is 0. The Kier molecular flexibility index (Phi) is 4.22. The zero-order valence-corrected chi connectivity index (χ0v) is 13.2. The van der Waals surface area contributed by atoms with E-state index in [0.29, 0.717) is 0 Å². The van der Waals surface area contributed by atoms with Crippen molar-refractivity contribution >= 4 is 5.91 Å². The maximum Gasteiger partial charge on any atom is 0.233 e. The highest BCUT2D eigenvalue weighted by Gasteiger charge is 2.32. The van der Waals surface area contributed by atoms with E-state index in [1.165, 1.54) is 0 Å². The van der Waals surface area contributed by atoms with Crippen LogP contribution in [0.1, 0.15) is 38.4 Å². The molecule has 1 aromatic carbocycles. The van der Waals surface area contributed by atoms with Crippen LogP contribution < -0.4 is 0 Å². The molecule has 116 valence electrons. The minimum Gasteiger partial charge on any atom is -0.343 e. The Bertz CT molecular complexity index is 646. The van der Waals surface area contributed by atoms with Crippen LogP contribution in [0.15, 0.2) is 30.3 Å². The van der Waals surface area contributed by atoms with E-state index in [9.17, 15) is 4.79 Å². The molecule has 2 aromatic rings. The molecule has 22 heavy (non-hydrogen) atoms. The van der Waals surface area contributed by atoms with Gasteiger partial charge in [-0.3, -0.25) is 4.79 Å². The normalized spacial score (nSPS) is 17.1. The molecule has 1 unspecified atom stereocenters. The number of carbonyl (C=O) groups excluding carboxylic acids is 1. The lowest BCUT2D eigenvalue weighted by Gasteiger charge is -2.28. The summed E-state index contributed by atoms with van der Waals surface area (Å²) < 4.78 is 2.12. The molecule has 5 nitrogen and oxygen atoms in total. The van der Waals surface area contributed by atoms with E-state index >= 15 is 0 Å². The van der Waals surface area contributed by atoms with Crippen LogP contribution in [0.2, 0.25) is 0 Å². The first kappa shape index (κ1) is 14.8. The molecule has 1 aliphatic rings. The predicted molar refractivity (Wildman–Crippen MR) is 85.4 cm³/mol. The third-order valence-corrected chi connectivity index (χ3v) is 4.37. The van der Waals surface area contributed by atoms with Gasteiger partial charge < -0.3 is 9.47 Å². The summed E-state index contributed by atoms with van der Waals surface area (Å²) in [7, 11) is 0. The summed E-state index contributed by atoms with van der Waals surface area (Å²) in [6.07, 6.45) is 1.85. The first-order chi connectivity index (χ1) is 10.8. The van der Waals surface area contributed by atoms with Crippen LogP contribution in [0.5, 0.6) is 0 Å². The van der Waals surface area contributed by atoms with Gasteiger partial charge in [-0.15, -0.1) is 10.2 Å². The monoisotopic (exact) mass is 298 g/mol. The Hall–Kier alpha value is -2.17. The largest absolute Gasteiger partial charge is 0.343 e. The fourth-order valence-electron chi connectivity index (χ4n) is 3.17. The second kappa shape index (κ2) is 6.30. The van der Waals surface area contributed by atoms with Crippen LogP contribution in [-0.2, 0) is 11.3 Å². The quantitative estimate of drug-likeness (QED) is 0.872. The smallest absolute Gasteiger partial charge is 0.233 e. The van der Waals surface area contributed by atoms with E-state index in [2.05, 4.69) is 14.8 Å². The average molecular weight is 298 g/mol. The molecule has 1 aromatic heterocycles. The zero-order chi connectivity index (χ0) is 15.5. The molecule has 1 aliphatic heterocycles. The van der Waals surface area contributed by atoms with Crippen LogP contribution in [0.3, 0.4) is 0 Å². The highest BCUT2D eigenvalue weighted by atomic mass is 16.2. The molecular formula is C17H22N4O. The van der Waals surface area contributed by atoms with Gasteiger partial charge in [-0.1, -0.05) is 30.3 Å². The van der Waals surface area contributed by atoms with Crippen molar-refractivity contribution in [3.8, 4) is 11.4 Å². The molecule has 0 spiro atoms. The van der Waals surface area contributed by atoms with E-state index in [1.807, 2.05) is 49.1 Å². The third kappa shape index (κ3) is 2.51. The van der Waals surface area contributed by atoms with E-state index in [4.69, 9.17) is 0 Å². The maximum absolute atomic E-state index is 12.7. The minimum absolute atomic E-state index is 0.154. The number of likely N-dealkylation sites (N-methyl/N-ethyl adjacent to an activating group) is 1. The van der Waals surface area contributed by atoms with Crippen LogP contribution in [0.4, 0.5) is 0 Å². The van der Waals surface area contributed by atoms with Crippen molar-refractivity contribution in [1.82, 2.24) is 19.7 Å². The van der Waals surface area contributed by atoms with Gasteiger partial charge in [-0.2, -0.15) is 0 Å². The minimum atomic E-state index is -0.154. The Morgan fingerprint density at radius 1 is 1.23 bits per heavy atom. The number of carbonyl (C=O) groups is 1. The van der Waals surface area contributed by atoms with Gasteiger partial charge in [0.1, 0.15) is 5.82 Å². The van der Waals surface area contributed by atoms with E-state index in [-0.39, 0.29) is 11.8 Å². The third-order valence-electron chi connectivity index (χ3n) is 4.37. The van der Waals surface area contributed by atoms with Crippen LogP contribution in [0, 0.1) is 0 Å². The molecule has 2 heterocycles. The van der Waals surface area contributed by atoms with Crippen molar-refractivity contribution in [2.75, 3.05) is 13.1 Å². The van der Waals surface area contributed by atoms with Gasteiger partial charge in [0.2, 0.25) is 5.91 Å². The number of amides is 1. The number of nitrogens with zero attached hydrogens (tertiary/aromatic N) is 4. The van der Waals surface area contributed by atoms with Crippen molar-refractivity contribution in [2.45, 2.75) is 39.2 Å². The second-order valence-electron chi connectivity index (χ2n) is 5.60. The van der Waals surface area contributed by atoms with Gasteiger partial charge in [0.25, 0.3) is 0 Å². The highest BCUT2D eigenvalue weighted by Crippen LogP contribution is 2.31. The molecule has 5 heteroatoms. The molecule has 0 N–H and O–H groups in total. The van der Waals surface area contributed by atoms with Gasteiger partial charge in [0, 0.05) is 25.2 Å². The molecule has 1 amide bonds. The van der Waals surface area contributed by atoms with Gasteiger partial charge in [-0.25, -0.2) is 0 Å².